The molecule has 0 spiro atoms. The molecular formula is C20H29BrN6O2. The molecule has 8 nitrogen and oxygen atoms in total. The van der Waals surface area contributed by atoms with Crippen LogP contribution in [0.4, 0.5) is 10.5 Å². The first-order valence-corrected chi connectivity index (χ1v) is 11.1. The largest absolute Gasteiger partial charge is 0.444 e. The molecule has 2 fully saturated rings. The van der Waals surface area contributed by atoms with Crippen molar-refractivity contribution in [1.82, 2.24) is 24.4 Å². The Balaban J connectivity index is 1.28. The summed E-state index contributed by atoms with van der Waals surface area (Å²) in [5, 5.41) is 4.33. The number of likely N-dealkylation sites (tertiary alicyclic amines) is 1. The molecule has 2 aromatic heterocycles. The summed E-state index contributed by atoms with van der Waals surface area (Å²) in [6.45, 7) is 11.3. The highest BCUT2D eigenvalue weighted by molar-refractivity contribution is 9.10. The van der Waals surface area contributed by atoms with Crippen molar-refractivity contribution < 1.29 is 9.53 Å². The molecule has 9 heteroatoms. The molecule has 2 aliphatic heterocycles. The average molecular weight is 465 g/mol. The first-order valence-electron chi connectivity index (χ1n) is 10.3. The molecule has 0 N–H and O–H groups in total. The number of piperazine rings is 1. The zero-order chi connectivity index (χ0) is 20.6. The van der Waals surface area contributed by atoms with E-state index >= 15 is 0 Å². The number of anilines is 1. The summed E-state index contributed by atoms with van der Waals surface area (Å²) < 4.78 is 8.23. The second kappa shape index (κ2) is 8.10. The number of carbonyl (C=O) groups excluding carboxylic acids is 1. The first-order chi connectivity index (χ1) is 13.8. The van der Waals surface area contributed by atoms with E-state index in [1.165, 1.54) is 0 Å². The Morgan fingerprint density at radius 1 is 1.10 bits per heavy atom. The maximum Gasteiger partial charge on any atom is 0.410 e. The third kappa shape index (κ3) is 4.66. The minimum Gasteiger partial charge on any atom is -0.444 e. The quantitative estimate of drug-likeness (QED) is 0.680. The first kappa shape index (κ1) is 20.4. The number of rotatable bonds is 2. The van der Waals surface area contributed by atoms with Crippen molar-refractivity contribution >= 4 is 33.4 Å². The molecule has 1 amide bonds. The van der Waals surface area contributed by atoms with Crippen LogP contribution in [-0.2, 0) is 4.74 Å². The third-order valence-corrected chi connectivity index (χ3v) is 6.17. The van der Waals surface area contributed by atoms with Crippen molar-refractivity contribution in [3.63, 3.8) is 0 Å². The maximum absolute atomic E-state index is 12.3. The molecule has 0 bridgehead atoms. The summed E-state index contributed by atoms with van der Waals surface area (Å²) in [6.07, 6.45) is 7.57. The van der Waals surface area contributed by atoms with E-state index in [9.17, 15) is 4.79 Å². The minimum atomic E-state index is -0.436. The molecular weight excluding hydrogens is 436 g/mol. The highest BCUT2D eigenvalue weighted by Crippen LogP contribution is 2.23. The van der Waals surface area contributed by atoms with Crippen LogP contribution in [-0.4, -0.2) is 81.4 Å². The van der Waals surface area contributed by atoms with Gasteiger partial charge in [-0.25, -0.2) is 14.3 Å². The van der Waals surface area contributed by atoms with Crippen LogP contribution in [0.2, 0.25) is 0 Å². The van der Waals surface area contributed by atoms with Gasteiger partial charge in [0.05, 0.1) is 28.8 Å². The molecule has 4 rings (SSSR count). The summed E-state index contributed by atoms with van der Waals surface area (Å²) >= 11 is 3.47. The highest BCUT2D eigenvalue weighted by Gasteiger charge is 2.31. The number of fused-ring (bicyclic) bond motifs is 1. The van der Waals surface area contributed by atoms with Gasteiger partial charge in [0.25, 0.3) is 0 Å². The van der Waals surface area contributed by atoms with Gasteiger partial charge in [-0.1, -0.05) is 0 Å². The molecule has 0 saturated carbocycles. The van der Waals surface area contributed by atoms with Crippen LogP contribution in [0, 0.1) is 0 Å². The van der Waals surface area contributed by atoms with Gasteiger partial charge < -0.3 is 14.5 Å². The van der Waals surface area contributed by atoms with Gasteiger partial charge in [0.1, 0.15) is 5.60 Å². The van der Waals surface area contributed by atoms with Crippen LogP contribution >= 0.6 is 15.9 Å². The van der Waals surface area contributed by atoms with Gasteiger partial charge in [-0.3, -0.25) is 4.90 Å². The number of amides is 1. The number of piperidine rings is 1. The van der Waals surface area contributed by atoms with Crippen molar-refractivity contribution in [3.8, 4) is 0 Å². The predicted octanol–water partition coefficient (Wildman–Crippen LogP) is 3.01. The molecule has 0 radical (unpaired) electrons. The number of hydrogen-bond acceptors (Lipinski definition) is 6. The molecule has 158 valence electrons. The molecule has 0 unspecified atom stereocenters. The van der Waals surface area contributed by atoms with Crippen LogP contribution in [0.5, 0.6) is 0 Å². The van der Waals surface area contributed by atoms with E-state index in [2.05, 4.69) is 35.8 Å². The number of nitrogens with zero attached hydrogens (tertiary/aromatic N) is 6. The Morgan fingerprint density at radius 3 is 2.45 bits per heavy atom. The lowest BCUT2D eigenvalue weighted by Crippen LogP contribution is -2.54. The van der Waals surface area contributed by atoms with Crippen molar-refractivity contribution in [2.24, 2.45) is 0 Å². The number of hydrogen-bond donors (Lipinski definition) is 0. The fourth-order valence-corrected chi connectivity index (χ4v) is 4.46. The molecule has 2 aliphatic rings. The zero-order valence-electron chi connectivity index (χ0n) is 17.3. The van der Waals surface area contributed by atoms with Gasteiger partial charge in [0.15, 0.2) is 5.65 Å². The van der Waals surface area contributed by atoms with Crippen molar-refractivity contribution in [3.05, 3.63) is 23.1 Å². The van der Waals surface area contributed by atoms with Gasteiger partial charge in [0.2, 0.25) is 0 Å². The molecule has 29 heavy (non-hydrogen) atoms. The normalized spacial score (nSPS) is 19.7. The van der Waals surface area contributed by atoms with Gasteiger partial charge in [-0.15, -0.1) is 0 Å². The molecule has 0 aromatic carbocycles. The van der Waals surface area contributed by atoms with Gasteiger partial charge in [-0.05, 0) is 49.5 Å². The van der Waals surface area contributed by atoms with Crippen molar-refractivity contribution in [2.75, 3.05) is 44.2 Å². The van der Waals surface area contributed by atoms with Gasteiger partial charge >= 0.3 is 6.09 Å². The minimum absolute atomic E-state index is 0.186. The number of ether oxygens (including phenoxy) is 1. The Hall–Kier alpha value is -1.87. The average Bonchev–Trinajstić information content (AvgIpc) is 3.07. The Kier molecular flexibility index (Phi) is 5.70. The van der Waals surface area contributed by atoms with Gasteiger partial charge in [0, 0.05) is 45.3 Å². The van der Waals surface area contributed by atoms with E-state index in [-0.39, 0.29) is 6.09 Å². The van der Waals surface area contributed by atoms with E-state index < -0.39 is 5.60 Å². The fraction of sp³-hybridized carbons (Fsp3) is 0.650. The highest BCUT2D eigenvalue weighted by atomic mass is 79.9. The number of halogens is 1. The Labute approximate surface area is 179 Å². The second-order valence-electron chi connectivity index (χ2n) is 8.79. The Bertz CT molecular complexity index is 863. The van der Waals surface area contributed by atoms with Crippen molar-refractivity contribution in [1.29, 1.82) is 0 Å². The SMILES string of the molecule is CC(C)(C)OC(=O)N1CCC(N2CCN(c3cnc4c(Br)cnn4c3)CC2)CC1. The van der Waals surface area contributed by atoms with E-state index in [0.717, 1.165) is 67.9 Å². The fourth-order valence-electron chi connectivity index (χ4n) is 4.08. The molecule has 4 heterocycles. The lowest BCUT2D eigenvalue weighted by atomic mass is 10.0. The lowest BCUT2D eigenvalue weighted by Gasteiger charge is -2.43. The van der Waals surface area contributed by atoms with E-state index in [1.807, 2.05) is 42.6 Å². The summed E-state index contributed by atoms with van der Waals surface area (Å²) in [5.74, 6) is 0. The topological polar surface area (TPSA) is 66.2 Å². The van der Waals surface area contributed by atoms with Crippen molar-refractivity contribution in [2.45, 2.75) is 45.3 Å². The summed E-state index contributed by atoms with van der Waals surface area (Å²) in [7, 11) is 0. The van der Waals surface area contributed by atoms with Crippen LogP contribution in [0.15, 0.2) is 23.1 Å². The predicted molar refractivity (Wildman–Crippen MR) is 115 cm³/mol. The van der Waals surface area contributed by atoms with Crippen LogP contribution in [0.1, 0.15) is 33.6 Å². The van der Waals surface area contributed by atoms with E-state index in [0.29, 0.717) is 6.04 Å². The lowest BCUT2D eigenvalue weighted by molar-refractivity contribution is 0.0140. The van der Waals surface area contributed by atoms with Gasteiger partial charge in [-0.2, -0.15) is 5.10 Å². The number of aromatic nitrogens is 3. The standard InChI is InChI=1S/C20H29BrN6O2/c1-20(2,3)29-19(28)26-6-4-15(5-7-26)24-8-10-25(11-9-24)16-12-22-18-17(21)13-23-27(18)14-16/h12-15H,4-11H2,1-3H3. The van der Waals surface area contributed by atoms with E-state index in [1.54, 1.807) is 6.20 Å². The molecule has 0 atom stereocenters. The molecule has 0 aliphatic carbocycles. The number of carbonyl (C=O) groups is 1. The monoisotopic (exact) mass is 464 g/mol. The van der Waals surface area contributed by atoms with E-state index in [4.69, 9.17) is 4.74 Å². The molecule has 2 saturated heterocycles. The summed E-state index contributed by atoms with van der Waals surface area (Å²) in [4.78, 5) is 23.6. The maximum atomic E-state index is 12.3. The van der Waals surface area contributed by atoms with Crippen LogP contribution in [0.3, 0.4) is 0 Å². The smallest absolute Gasteiger partial charge is 0.410 e. The molecule has 2 aromatic rings. The van der Waals surface area contributed by atoms with Crippen LogP contribution in [0.25, 0.3) is 5.65 Å². The zero-order valence-corrected chi connectivity index (χ0v) is 18.9. The third-order valence-electron chi connectivity index (χ3n) is 5.61. The Morgan fingerprint density at radius 2 is 1.79 bits per heavy atom. The summed E-state index contributed by atoms with van der Waals surface area (Å²) in [6, 6.07) is 0.540. The van der Waals surface area contributed by atoms with Crippen LogP contribution < -0.4 is 4.90 Å². The second-order valence-corrected chi connectivity index (χ2v) is 9.65. The summed E-state index contributed by atoms with van der Waals surface area (Å²) in [5.41, 5.74) is 1.51.